The van der Waals surface area contributed by atoms with Gasteiger partial charge in [0.25, 0.3) is 5.91 Å². The number of para-hydroxylation sites is 1. The fourth-order valence-corrected chi connectivity index (χ4v) is 2.60. The molecule has 0 aliphatic rings. The van der Waals surface area contributed by atoms with Crippen LogP contribution in [0.5, 0.6) is 11.5 Å². The standard InChI is InChI=1S/C21H16ClNO4/c1-26-21(25)18-13-16(23-20(24)14-6-5-7-15(22)12-14)10-11-19(18)27-17-8-3-2-4-9-17/h2-13H,1H3,(H,23,24). The number of carbonyl (C=O) groups excluding carboxylic acids is 2. The Hall–Kier alpha value is -3.31. The number of ether oxygens (including phenoxy) is 2. The van der Waals surface area contributed by atoms with Gasteiger partial charge in [0.2, 0.25) is 0 Å². The summed E-state index contributed by atoms with van der Waals surface area (Å²) in [6.07, 6.45) is 0. The van der Waals surface area contributed by atoms with E-state index in [1.807, 2.05) is 18.2 Å². The number of hydrogen-bond donors (Lipinski definition) is 1. The predicted octanol–water partition coefficient (Wildman–Crippen LogP) is 5.17. The molecule has 0 bridgehead atoms. The van der Waals surface area contributed by atoms with E-state index in [1.54, 1.807) is 48.5 Å². The van der Waals surface area contributed by atoms with Crippen molar-refractivity contribution in [2.24, 2.45) is 0 Å². The predicted molar refractivity (Wildman–Crippen MR) is 104 cm³/mol. The first-order chi connectivity index (χ1) is 13.1. The number of hydrogen-bond acceptors (Lipinski definition) is 4. The summed E-state index contributed by atoms with van der Waals surface area (Å²) in [5.41, 5.74) is 1.04. The topological polar surface area (TPSA) is 64.6 Å². The number of halogens is 1. The van der Waals surface area contributed by atoms with Crippen LogP contribution in [0.1, 0.15) is 20.7 Å². The molecular formula is C21H16ClNO4. The zero-order chi connectivity index (χ0) is 19.2. The lowest BCUT2D eigenvalue weighted by Crippen LogP contribution is -2.13. The first-order valence-electron chi connectivity index (χ1n) is 8.09. The second-order valence-electron chi connectivity index (χ2n) is 5.58. The monoisotopic (exact) mass is 381 g/mol. The highest BCUT2D eigenvalue weighted by Crippen LogP contribution is 2.28. The summed E-state index contributed by atoms with van der Waals surface area (Å²) in [5.74, 6) is -0.00278. The van der Waals surface area contributed by atoms with Crippen molar-refractivity contribution < 1.29 is 19.1 Å². The molecule has 1 N–H and O–H groups in total. The van der Waals surface area contributed by atoms with Crippen LogP contribution in [0, 0.1) is 0 Å². The number of rotatable bonds is 5. The Balaban J connectivity index is 1.87. The highest BCUT2D eigenvalue weighted by molar-refractivity contribution is 6.31. The van der Waals surface area contributed by atoms with E-state index in [1.165, 1.54) is 13.2 Å². The number of amides is 1. The Kier molecular flexibility index (Phi) is 5.74. The van der Waals surface area contributed by atoms with E-state index < -0.39 is 5.97 Å². The molecule has 0 saturated heterocycles. The first kappa shape index (κ1) is 18.5. The maximum atomic E-state index is 12.4. The number of methoxy groups -OCH3 is 1. The number of carbonyl (C=O) groups is 2. The molecule has 3 aromatic rings. The van der Waals surface area contributed by atoms with Crippen LogP contribution in [0.4, 0.5) is 5.69 Å². The number of nitrogens with one attached hydrogen (secondary N) is 1. The van der Waals surface area contributed by atoms with E-state index in [4.69, 9.17) is 21.1 Å². The van der Waals surface area contributed by atoms with Gasteiger partial charge in [-0.25, -0.2) is 4.79 Å². The molecule has 0 unspecified atom stereocenters. The van der Waals surface area contributed by atoms with E-state index in [-0.39, 0.29) is 11.5 Å². The molecule has 0 aliphatic heterocycles. The minimum absolute atomic E-state index is 0.199. The molecule has 0 radical (unpaired) electrons. The lowest BCUT2D eigenvalue weighted by molar-refractivity contribution is 0.0597. The molecule has 0 saturated carbocycles. The minimum Gasteiger partial charge on any atom is -0.465 e. The lowest BCUT2D eigenvalue weighted by atomic mass is 10.1. The van der Waals surface area contributed by atoms with Gasteiger partial charge in [0.15, 0.2) is 0 Å². The van der Waals surface area contributed by atoms with Crippen LogP contribution >= 0.6 is 11.6 Å². The highest BCUT2D eigenvalue weighted by Gasteiger charge is 2.16. The Bertz CT molecular complexity index is 973. The normalized spacial score (nSPS) is 10.1. The van der Waals surface area contributed by atoms with Gasteiger partial charge in [0.1, 0.15) is 17.1 Å². The molecule has 5 nitrogen and oxygen atoms in total. The van der Waals surface area contributed by atoms with E-state index >= 15 is 0 Å². The van der Waals surface area contributed by atoms with Crippen molar-refractivity contribution in [1.82, 2.24) is 0 Å². The van der Waals surface area contributed by atoms with E-state index in [9.17, 15) is 9.59 Å². The van der Waals surface area contributed by atoms with Gasteiger partial charge in [-0.3, -0.25) is 4.79 Å². The van der Waals surface area contributed by atoms with E-state index in [0.29, 0.717) is 27.8 Å². The van der Waals surface area contributed by atoms with Crippen molar-refractivity contribution in [3.05, 3.63) is 88.9 Å². The molecule has 3 aromatic carbocycles. The van der Waals surface area contributed by atoms with Crippen LogP contribution in [0.15, 0.2) is 72.8 Å². The van der Waals surface area contributed by atoms with Crippen molar-refractivity contribution in [2.45, 2.75) is 0 Å². The van der Waals surface area contributed by atoms with Gasteiger partial charge >= 0.3 is 5.97 Å². The Labute approximate surface area is 161 Å². The fourth-order valence-electron chi connectivity index (χ4n) is 2.41. The lowest BCUT2D eigenvalue weighted by Gasteiger charge is -2.12. The second-order valence-corrected chi connectivity index (χ2v) is 6.02. The van der Waals surface area contributed by atoms with Crippen molar-refractivity contribution >= 4 is 29.2 Å². The summed E-state index contributed by atoms with van der Waals surface area (Å²) in [5, 5.41) is 3.20. The van der Waals surface area contributed by atoms with Crippen molar-refractivity contribution in [3.8, 4) is 11.5 Å². The van der Waals surface area contributed by atoms with Crippen LogP contribution in [0.25, 0.3) is 0 Å². The van der Waals surface area contributed by atoms with Crippen LogP contribution in [-0.4, -0.2) is 19.0 Å². The molecule has 0 spiro atoms. The third-order valence-electron chi connectivity index (χ3n) is 3.70. The summed E-state index contributed by atoms with van der Waals surface area (Å²) < 4.78 is 10.6. The van der Waals surface area contributed by atoms with Crippen molar-refractivity contribution in [3.63, 3.8) is 0 Å². The van der Waals surface area contributed by atoms with Crippen LogP contribution in [0.3, 0.4) is 0 Å². The molecule has 1 amide bonds. The van der Waals surface area contributed by atoms with Crippen LogP contribution < -0.4 is 10.1 Å². The zero-order valence-electron chi connectivity index (χ0n) is 14.4. The molecule has 0 atom stereocenters. The summed E-state index contributed by atoms with van der Waals surface area (Å²) in [6, 6.07) is 20.4. The van der Waals surface area contributed by atoms with Crippen LogP contribution in [0.2, 0.25) is 5.02 Å². The third kappa shape index (κ3) is 4.65. The van der Waals surface area contributed by atoms with Gasteiger partial charge in [-0.05, 0) is 48.5 Å². The summed E-state index contributed by atoms with van der Waals surface area (Å²) in [4.78, 5) is 24.5. The minimum atomic E-state index is -0.570. The van der Waals surface area contributed by atoms with Gasteiger partial charge in [0.05, 0.1) is 7.11 Å². The Morgan fingerprint density at radius 3 is 2.41 bits per heavy atom. The van der Waals surface area contributed by atoms with Crippen LogP contribution in [-0.2, 0) is 4.74 Å². The second kappa shape index (κ2) is 8.38. The average molecular weight is 382 g/mol. The maximum absolute atomic E-state index is 12.4. The zero-order valence-corrected chi connectivity index (χ0v) is 15.2. The molecule has 0 fully saturated rings. The first-order valence-corrected chi connectivity index (χ1v) is 8.47. The van der Waals surface area contributed by atoms with Crippen molar-refractivity contribution in [1.29, 1.82) is 0 Å². The molecule has 3 rings (SSSR count). The van der Waals surface area contributed by atoms with Gasteiger partial charge in [-0.15, -0.1) is 0 Å². The number of benzene rings is 3. The van der Waals surface area contributed by atoms with Gasteiger partial charge in [-0.1, -0.05) is 35.9 Å². The Morgan fingerprint density at radius 2 is 1.70 bits per heavy atom. The molecule has 0 aliphatic carbocycles. The third-order valence-corrected chi connectivity index (χ3v) is 3.94. The Morgan fingerprint density at radius 1 is 0.926 bits per heavy atom. The molecule has 27 heavy (non-hydrogen) atoms. The van der Waals surface area contributed by atoms with Gasteiger partial charge in [-0.2, -0.15) is 0 Å². The average Bonchev–Trinajstić information content (AvgIpc) is 2.69. The molecule has 0 aromatic heterocycles. The molecule has 0 heterocycles. The number of anilines is 1. The smallest absolute Gasteiger partial charge is 0.341 e. The number of esters is 1. The highest BCUT2D eigenvalue weighted by atomic mass is 35.5. The molecule has 136 valence electrons. The summed E-state index contributed by atoms with van der Waals surface area (Å²) >= 11 is 5.92. The SMILES string of the molecule is COC(=O)c1cc(NC(=O)c2cccc(Cl)c2)ccc1Oc1ccccc1. The van der Waals surface area contributed by atoms with Gasteiger partial charge in [0, 0.05) is 16.3 Å². The van der Waals surface area contributed by atoms with E-state index in [0.717, 1.165) is 0 Å². The van der Waals surface area contributed by atoms with Gasteiger partial charge < -0.3 is 14.8 Å². The largest absolute Gasteiger partial charge is 0.465 e. The quantitative estimate of drug-likeness (QED) is 0.619. The molecular weight excluding hydrogens is 366 g/mol. The maximum Gasteiger partial charge on any atom is 0.341 e. The van der Waals surface area contributed by atoms with E-state index in [2.05, 4.69) is 5.32 Å². The van der Waals surface area contributed by atoms with Crippen molar-refractivity contribution in [2.75, 3.05) is 12.4 Å². The summed E-state index contributed by atoms with van der Waals surface area (Å²) in [6.45, 7) is 0. The summed E-state index contributed by atoms with van der Waals surface area (Å²) in [7, 11) is 1.28. The fraction of sp³-hybridized carbons (Fsp3) is 0.0476. The molecule has 6 heteroatoms.